The first-order valence-corrected chi connectivity index (χ1v) is 7.99. The summed E-state index contributed by atoms with van der Waals surface area (Å²) in [6.45, 7) is 1.44. The van der Waals surface area contributed by atoms with Gasteiger partial charge in [0.05, 0.1) is 18.8 Å². The van der Waals surface area contributed by atoms with E-state index in [1.54, 1.807) is 0 Å². The molecule has 1 saturated carbocycles. The average molecular weight is 288 g/mol. The van der Waals surface area contributed by atoms with Crippen LogP contribution in [0, 0.1) is 0 Å². The van der Waals surface area contributed by atoms with Crippen molar-refractivity contribution in [1.29, 1.82) is 0 Å². The van der Waals surface area contributed by atoms with Crippen LogP contribution in [-0.2, 0) is 16.0 Å². The minimum atomic E-state index is 0.270. The third kappa shape index (κ3) is 3.38. The van der Waals surface area contributed by atoms with E-state index in [4.69, 9.17) is 10.5 Å². The van der Waals surface area contributed by atoms with E-state index in [0.717, 1.165) is 31.5 Å². The van der Waals surface area contributed by atoms with E-state index in [0.29, 0.717) is 19.1 Å². The highest BCUT2D eigenvalue weighted by Crippen LogP contribution is 2.29. The highest BCUT2D eigenvalue weighted by atomic mass is 16.5. The largest absolute Gasteiger partial charge is 0.399 e. The molecule has 114 valence electrons. The molecule has 2 fully saturated rings. The highest BCUT2D eigenvalue weighted by Gasteiger charge is 2.36. The van der Waals surface area contributed by atoms with Crippen molar-refractivity contribution < 1.29 is 9.53 Å². The molecule has 1 aromatic carbocycles. The standard InChI is InChI=1S/C17H24N2O2/c18-14-8-5-13(6-9-14)7-10-17(20)19-11-12-21-16-4-2-1-3-15(16)19/h5-6,8-9,15-16H,1-4,7,10-12,18H2. The smallest absolute Gasteiger partial charge is 0.223 e. The first kappa shape index (κ1) is 14.4. The van der Waals surface area contributed by atoms with Crippen molar-refractivity contribution >= 4 is 11.6 Å². The number of amides is 1. The number of hydrogen-bond donors (Lipinski definition) is 1. The Hall–Kier alpha value is -1.55. The summed E-state index contributed by atoms with van der Waals surface area (Å²) >= 11 is 0. The van der Waals surface area contributed by atoms with Gasteiger partial charge in [-0.05, 0) is 37.0 Å². The third-order valence-electron chi connectivity index (χ3n) is 4.66. The summed E-state index contributed by atoms with van der Waals surface area (Å²) in [5.41, 5.74) is 7.62. The van der Waals surface area contributed by atoms with Gasteiger partial charge in [0.2, 0.25) is 5.91 Å². The number of carbonyl (C=O) groups is 1. The van der Waals surface area contributed by atoms with Crippen LogP contribution in [0.3, 0.4) is 0 Å². The number of morpholine rings is 1. The maximum atomic E-state index is 12.5. The minimum Gasteiger partial charge on any atom is -0.399 e. The van der Waals surface area contributed by atoms with Crippen molar-refractivity contribution in [2.75, 3.05) is 18.9 Å². The monoisotopic (exact) mass is 288 g/mol. The van der Waals surface area contributed by atoms with Crippen LogP contribution in [0.4, 0.5) is 5.69 Å². The van der Waals surface area contributed by atoms with Gasteiger partial charge in [0.25, 0.3) is 0 Å². The third-order valence-corrected chi connectivity index (χ3v) is 4.66. The Balaban J connectivity index is 1.57. The second-order valence-corrected chi connectivity index (χ2v) is 6.09. The van der Waals surface area contributed by atoms with E-state index in [9.17, 15) is 4.79 Å². The van der Waals surface area contributed by atoms with E-state index in [1.807, 2.05) is 24.3 Å². The molecular weight excluding hydrogens is 264 g/mol. The molecule has 2 atom stereocenters. The quantitative estimate of drug-likeness (QED) is 0.869. The number of anilines is 1. The summed E-state index contributed by atoms with van der Waals surface area (Å²) in [6.07, 6.45) is 6.28. The summed E-state index contributed by atoms with van der Waals surface area (Å²) in [6, 6.07) is 8.11. The average Bonchev–Trinajstić information content (AvgIpc) is 2.53. The molecule has 4 heteroatoms. The van der Waals surface area contributed by atoms with Crippen LogP contribution in [-0.4, -0.2) is 36.1 Å². The molecule has 1 saturated heterocycles. The van der Waals surface area contributed by atoms with Gasteiger partial charge in [0.15, 0.2) is 0 Å². The first-order valence-electron chi connectivity index (χ1n) is 7.99. The molecule has 1 aliphatic heterocycles. The lowest BCUT2D eigenvalue weighted by Crippen LogP contribution is -2.54. The summed E-state index contributed by atoms with van der Waals surface area (Å²) in [5, 5.41) is 0. The van der Waals surface area contributed by atoms with E-state index in [-0.39, 0.29) is 12.0 Å². The summed E-state index contributed by atoms with van der Waals surface area (Å²) in [5.74, 6) is 0.270. The first-order chi connectivity index (χ1) is 10.2. The van der Waals surface area contributed by atoms with E-state index < -0.39 is 0 Å². The van der Waals surface area contributed by atoms with Crippen molar-refractivity contribution in [3.63, 3.8) is 0 Å². The van der Waals surface area contributed by atoms with E-state index in [2.05, 4.69) is 4.90 Å². The Kier molecular flexibility index (Phi) is 4.44. The zero-order chi connectivity index (χ0) is 14.7. The molecule has 1 amide bonds. The number of ether oxygens (including phenoxy) is 1. The number of nitrogens with two attached hydrogens (primary N) is 1. The van der Waals surface area contributed by atoms with Crippen LogP contribution >= 0.6 is 0 Å². The Bertz CT molecular complexity index is 484. The van der Waals surface area contributed by atoms with Crippen molar-refractivity contribution in [2.45, 2.75) is 50.7 Å². The summed E-state index contributed by atoms with van der Waals surface area (Å²) in [7, 11) is 0. The number of carbonyl (C=O) groups excluding carboxylic acids is 1. The van der Waals surface area contributed by atoms with E-state index in [1.165, 1.54) is 18.4 Å². The Morgan fingerprint density at radius 2 is 2.00 bits per heavy atom. The predicted octanol–water partition coefficient (Wildman–Crippen LogP) is 2.37. The molecule has 0 spiro atoms. The molecule has 2 N–H and O–H groups in total. The van der Waals surface area contributed by atoms with Crippen LogP contribution in [0.5, 0.6) is 0 Å². The zero-order valence-electron chi connectivity index (χ0n) is 12.5. The Morgan fingerprint density at radius 1 is 1.24 bits per heavy atom. The maximum absolute atomic E-state index is 12.5. The summed E-state index contributed by atoms with van der Waals surface area (Å²) < 4.78 is 5.83. The molecule has 21 heavy (non-hydrogen) atoms. The van der Waals surface area contributed by atoms with Gasteiger partial charge in [-0.3, -0.25) is 4.79 Å². The predicted molar refractivity (Wildman–Crippen MR) is 82.9 cm³/mol. The molecule has 2 unspecified atom stereocenters. The van der Waals surface area contributed by atoms with Gasteiger partial charge in [-0.15, -0.1) is 0 Å². The topological polar surface area (TPSA) is 55.6 Å². The molecule has 1 aromatic rings. The van der Waals surface area contributed by atoms with Crippen LogP contribution in [0.15, 0.2) is 24.3 Å². The molecule has 3 rings (SSSR count). The van der Waals surface area contributed by atoms with Crippen LogP contribution in [0.1, 0.15) is 37.7 Å². The number of fused-ring (bicyclic) bond motifs is 1. The van der Waals surface area contributed by atoms with Crippen molar-refractivity contribution in [2.24, 2.45) is 0 Å². The number of hydrogen-bond acceptors (Lipinski definition) is 3. The number of benzene rings is 1. The van der Waals surface area contributed by atoms with Crippen LogP contribution < -0.4 is 5.73 Å². The number of nitrogen functional groups attached to an aromatic ring is 1. The van der Waals surface area contributed by atoms with Crippen LogP contribution in [0.25, 0.3) is 0 Å². The lowest BCUT2D eigenvalue weighted by atomic mass is 9.90. The van der Waals surface area contributed by atoms with Crippen molar-refractivity contribution in [3.05, 3.63) is 29.8 Å². The Labute approximate surface area is 126 Å². The summed E-state index contributed by atoms with van der Waals surface area (Å²) in [4.78, 5) is 14.6. The second kappa shape index (κ2) is 6.48. The normalized spacial score (nSPS) is 25.4. The fourth-order valence-electron chi connectivity index (χ4n) is 3.49. The molecule has 0 radical (unpaired) electrons. The maximum Gasteiger partial charge on any atom is 0.223 e. The minimum absolute atomic E-state index is 0.270. The molecule has 2 aliphatic rings. The van der Waals surface area contributed by atoms with Gasteiger partial charge in [-0.1, -0.05) is 25.0 Å². The number of aryl methyl sites for hydroxylation is 1. The molecule has 0 aromatic heterocycles. The molecule has 1 aliphatic carbocycles. The van der Waals surface area contributed by atoms with Crippen molar-refractivity contribution in [1.82, 2.24) is 4.90 Å². The van der Waals surface area contributed by atoms with Gasteiger partial charge >= 0.3 is 0 Å². The van der Waals surface area contributed by atoms with Gasteiger partial charge in [0, 0.05) is 18.7 Å². The zero-order valence-corrected chi connectivity index (χ0v) is 12.5. The van der Waals surface area contributed by atoms with Crippen LogP contribution in [0.2, 0.25) is 0 Å². The molecule has 4 nitrogen and oxygen atoms in total. The van der Waals surface area contributed by atoms with Gasteiger partial charge in [-0.2, -0.15) is 0 Å². The highest BCUT2D eigenvalue weighted by molar-refractivity contribution is 5.77. The van der Waals surface area contributed by atoms with Crippen molar-refractivity contribution in [3.8, 4) is 0 Å². The fourth-order valence-corrected chi connectivity index (χ4v) is 3.49. The second-order valence-electron chi connectivity index (χ2n) is 6.09. The fraction of sp³-hybridized carbons (Fsp3) is 0.588. The molecule has 1 heterocycles. The Morgan fingerprint density at radius 3 is 2.81 bits per heavy atom. The number of rotatable bonds is 3. The van der Waals surface area contributed by atoms with Gasteiger partial charge in [0.1, 0.15) is 0 Å². The van der Waals surface area contributed by atoms with Gasteiger partial charge in [-0.25, -0.2) is 0 Å². The molecular formula is C17H24N2O2. The SMILES string of the molecule is Nc1ccc(CCC(=O)N2CCOC3CCCCC32)cc1. The molecule has 0 bridgehead atoms. The van der Waals surface area contributed by atoms with Gasteiger partial charge < -0.3 is 15.4 Å². The lowest BCUT2D eigenvalue weighted by molar-refractivity contribution is -0.149. The number of nitrogens with zero attached hydrogens (tertiary/aromatic N) is 1. The van der Waals surface area contributed by atoms with E-state index >= 15 is 0 Å². The lowest BCUT2D eigenvalue weighted by Gasteiger charge is -2.43.